The van der Waals surface area contributed by atoms with Crippen LogP contribution in [0.2, 0.25) is 0 Å². The standard InChI is InChI=1S/C15H16N4O4/c1-18-11(6-7-17-18)12-3-2-10(23-12)8-16-13(20)9-19-14(21)4-5-15(19)22/h2-3,6-7H,4-5,8-9H2,1H3,(H,16,20). The van der Waals surface area contributed by atoms with E-state index in [4.69, 9.17) is 4.42 Å². The van der Waals surface area contributed by atoms with Gasteiger partial charge in [0.1, 0.15) is 18.0 Å². The fourth-order valence-corrected chi connectivity index (χ4v) is 2.41. The Morgan fingerprint density at radius 2 is 2.00 bits per heavy atom. The number of aryl methyl sites for hydroxylation is 1. The van der Waals surface area contributed by atoms with Crippen LogP contribution in [0.1, 0.15) is 18.6 Å². The van der Waals surface area contributed by atoms with Gasteiger partial charge in [0.05, 0.1) is 6.54 Å². The van der Waals surface area contributed by atoms with Gasteiger partial charge >= 0.3 is 0 Å². The lowest BCUT2D eigenvalue weighted by Gasteiger charge is -2.12. The van der Waals surface area contributed by atoms with E-state index >= 15 is 0 Å². The van der Waals surface area contributed by atoms with Gasteiger partial charge in [-0.3, -0.25) is 24.0 Å². The van der Waals surface area contributed by atoms with E-state index in [9.17, 15) is 14.4 Å². The molecule has 0 saturated carbocycles. The molecule has 0 radical (unpaired) electrons. The quantitative estimate of drug-likeness (QED) is 0.808. The molecular weight excluding hydrogens is 300 g/mol. The third-order valence-corrected chi connectivity index (χ3v) is 3.65. The number of aromatic nitrogens is 2. The van der Waals surface area contributed by atoms with Crippen molar-refractivity contribution in [1.82, 2.24) is 20.0 Å². The molecule has 0 aliphatic carbocycles. The highest BCUT2D eigenvalue weighted by atomic mass is 16.3. The number of rotatable bonds is 5. The number of nitrogens with zero attached hydrogens (tertiary/aromatic N) is 3. The number of hydrogen-bond acceptors (Lipinski definition) is 5. The first-order valence-electron chi connectivity index (χ1n) is 7.21. The molecule has 2 aromatic rings. The molecule has 0 unspecified atom stereocenters. The summed E-state index contributed by atoms with van der Waals surface area (Å²) in [6.07, 6.45) is 2.03. The number of carbonyl (C=O) groups is 3. The summed E-state index contributed by atoms with van der Waals surface area (Å²) in [5, 5.41) is 6.70. The van der Waals surface area contributed by atoms with Gasteiger partial charge in [-0.15, -0.1) is 0 Å². The number of furan rings is 1. The summed E-state index contributed by atoms with van der Waals surface area (Å²) in [5.41, 5.74) is 0.829. The molecule has 0 bridgehead atoms. The van der Waals surface area contributed by atoms with Crippen molar-refractivity contribution in [1.29, 1.82) is 0 Å². The van der Waals surface area contributed by atoms with Crippen LogP contribution in [0.15, 0.2) is 28.8 Å². The van der Waals surface area contributed by atoms with Crippen molar-refractivity contribution >= 4 is 17.7 Å². The largest absolute Gasteiger partial charge is 0.458 e. The van der Waals surface area contributed by atoms with E-state index in [-0.39, 0.29) is 37.7 Å². The minimum atomic E-state index is -0.396. The van der Waals surface area contributed by atoms with Gasteiger partial charge < -0.3 is 9.73 Å². The lowest BCUT2D eigenvalue weighted by Crippen LogP contribution is -2.39. The highest BCUT2D eigenvalue weighted by Gasteiger charge is 2.30. The lowest BCUT2D eigenvalue weighted by molar-refractivity contribution is -0.142. The van der Waals surface area contributed by atoms with Crippen molar-refractivity contribution in [3.05, 3.63) is 30.2 Å². The fourth-order valence-electron chi connectivity index (χ4n) is 2.41. The molecule has 120 valence electrons. The molecule has 8 heteroatoms. The highest BCUT2D eigenvalue weighted by molar-refractivity contribution is 6.04. The molecule has 1 N–H and O–H groups in total. The van der Waals surface area contributed by atoms with Gasteiger partial charge in [-0.05, 0) is 18.2 Å². The Labute approximate surface area is 132 Å². The number of hydrogen-bond donors (Lipinski definition) is 1. The minimum absolute atomic E-state index is 0.179. The van der Waals surface area contributed by atoms with Crippen LogP contribution in [0.25, 0.3) is 11.5 Å². The van der Waals surface area contributed by atoms with Crippen LogP contribution in [0.4, 0.5) is 0 Å². The van der Waals surface area contributed by atoms with Crippen molar-refractivity contribution in [3.8, 4) is 11.5 Å². The van der Waals surface area contributed by atoms with Gasteiger partial charge in [0, 0.05) is 26.1 Å². The van der Waals surface area contributed by atoms with Gasteiger partial charge in [0.2, 0.25) is 17.7 Å². The highest BCUT2D eigenvalue weighted by Crippen LogP contribution is 2.21. The third-order valence-electron chi connectivity index (χ3n) is 3.65. The zero-order chi connectivity index (χ0) is 16.4. The Hall–Kier alpha value is -2.90. The van der Waals surface area contributed by atoms with Gasteiger partial charge in [0.15, 0.2) is 5.76 Å². The topological polar surface area (TPSA) is 97.4 Å². The molecule has 3 rings (SSSR count). The Morgan fingerprint density at radius 3 is 2.65 bits per heavy atom. The first kappa shape index (κ1) is 15.0. The van der Waals surface area contributed by atoms with Crippen LogP contribution in [0.3, 0.4) is 0 Å². The van der Waals surface area contributed by atoms with Gasteiger partial charge in [-0.2, -0.15) is 5.10 Å². The van der Waals surface area contributed by atoms with Crippen LogP contribution in [-0.2, 0) is 28.0 Å². The van der Waals surface area contributed by atoms with E-state index in [0.29, 0.717) is 11.5 Å². The maximum Gasteiger partial charge on any atom is 0.240 e. The molecule has 1 fully saturated rings. The van der Waals surface area contributed by atoms with Gasteiger partial charge in [-0.1, -0.05) is 0 Å². The second kappa shape index (κ2) is 6.07. The van der Waals surface area contributed by atoms with Crippen LogP contribution in [-0.4, -0.2) is 38.9 Å². The second-order valence-electron chi connectivity index (χ2n) is 5.26. The number of nitrogens with one attached hydrogen (secondary N) is 1. The SMILES string of the molecule is Cn1nccc1-c1ccc(CNC(=O)CN2C(=O)CCC2=O)o1. The number of amides is 3. The predicted octanol–water partition coefficient (Wildman–Crippen LogP) is 0.445. The summed E-state index contributed by atoms with van der Waals surface area (Å²) in [4.78, 5) is 35.7. The first-order chi connectivity index (χ1) is 11.0. The van der Waals surface area contributed by atoms with E-state index in [1.54, 1.807) is 23.0 Å². The molecule has 3 amide bonds. The number of likely N-dealkylation sites (tertiary alicyclic amines) is 1. The van der Waals surface area contributed by atoms with Crippen molar-refractivity contribution < 1.29 is 18.8 Å². The molecule has 3 heterocycles. The van der Waals surface area contributed by atoms with E-state index in [1.165, 1.54) is 0 Å². The maximum absolute atomic E-state index is 11.8. The third kappa shape index (κ3) is 3.15. The minimum Gasteiger partial charge on any atom is -0.458 e. The maximum atomic E-state index is 11.8. The molecule has 1 aliphatic heterocycles. The van der Waals surface area contributed by atoms with Gasteiger partial charge in [0.25, 0.3) is 0 Å². The number of carbonyl (C=O) groups excluding carboxylic acids is 3. The first-order valence-corrected chi connectivity index (χ1v) is 7.21. The summed E-state index contributed by atoms with van der Waals surface area (Å²) in [6.45, 7) is -0.0557. The van der Waals surface area contributed by atoms with Crippen LogP contribution < -0.4 is 5.32 Å². The molecular formula is C15H16N4O4. The Bertz CT molecular complexity index is 745. The van der Waals surface area contributed by atoms with E-state index in [1.807, 2.05) is 13.1 Å². The van der Waals surface area contributed by atoms with Crippen LogP contribution in [0.5, 0.6) is 0 Å². The van der Waals surface area contributed by atoms with Crippen molar-refractivity contribution in [2.75, 3.05) is 6.54 Å². The van der Waals surface area contributed by atoms with E-state index in [2.05, 4.69) is 10.4 Å². The normalized spacial score (nSPS) is 14.6. The van der Waals surface area contributed by atoms with Gasteiger partial charge in [-0.25, -0.2) is 0 Å². The summed E-state index contributed by atoms with van der Waals surface area (Å²) in [7, 11) is 1.81. The fraction of sp³-hybridized carbons (Fsp3) is 0.333. The Morgan fingerprint density at radius 1 is 1.26 bits per heavy atom. The summed E-state index contributed by atoms with van der Waals surface area (Å²) in [6, 6.07) is 5.38. The molecule has 2 aromatic heterocycles. The Kier molecular flexibility index (Phi) is 3.96. The second-order valence-corrected chi connectivity index (χ2v) is 5.26. The van der Waals surface area contributed by atoms with Crippen molar-refractivity contribution in [2.45, 2.75) is 19.4 Å². The zero-order valence-corrected chi connectivity index (χ0v) is 12.6. The van der Waals surface area contributed by atoms with Crippen molar-refractivity contribution in [3.63, 3.8) is 0 Å². The van der Waals surface area contributed by atoms with E-state index < -0.39 is 5.91 Å². The molecule has 0 aromatic carbocycles. The summed E-state index contributed by atoms with van der Waals surface area (Å²) < 4.78 is 7.33. The summed E-state index contributed by atoms with van der Waals surface area (Å²) >= 11 is 0. The predicted molar refractivity (Wildman–Crippen MR) is 78.7 cm³/mol. The molecule has 1 aliphatic rings. The van der Waals surface area contributed by atoms with Crippen LogP contribution in [0, 0.1) is 0 Å². The molecule has 23 heavy (non-hydrogen) atoms. The van der Waals surface area contributed by atoms with Crippen LogP contribution >= 0.6 is 0 Å². The molecule has 0 atom stereocenters. The lowest BCUT2D eigenvalue weighted by atomic mass is 10.3. The molecule has 1 saturated heterocycles. The van der Waals surface area contributed by atoms with Crippen molar-refractivity contribution in [2.24, 2.45) is 7.05 Å². The summed E-state index contributed by atoms with van der Waals surface area (Å²) in [5.74, 6) is 0.225. The molecule has 0 spiro atoms. The monoisotopic (exact) mass is 316 g/mol. The average Bonchev–Trinajstić information content (AvgIpc) is 3.22. The number of imide groups is 1. The zero-order valence-electron chi connectivity index (χ0n) is 12.6. The van der Waals surface area contributed by atoms with E-state index in [0.717, 1.165) is 10.6 Å². The smallest absolute Gasteiger partial charge is 0.240 e. The molecule has 8 nitrogen and oxygen atoms in total. The Balaban J connectivity index is 1.55. The average molecular weight is 316 g/mol.